The third kappa shape index (κ3) is 27.1. The second-order valence-corrected chi connectivity index (χ2v) is 26.7. The summed E-state index contributed by atoms with van der Waals surface area (Å²) in [4.78, 5) is 204. The number of imidazole rings is 1. The molecule has 12 amide bonds. The Bertz CT molecular complexity index is 3120. The predicted molar refractivity (Wildman–Crippen MR) is 360 cm³/mol. The minimum atomic E-state index is -2.00. The molecule has 542 valence electrons. The average molecular weight is 1390 g/mol. The fourth-order valence-corrected chi connectivity index (χ4v) is 11.7. The van der Waals surface area contributed by atoms with Crippen LogP contribution < -0.4 is 75.7 Å². The highest BCUT2D eigenvalue weighted by Gasteiger charge is 2.39. The molecule has 2 aliphatic rings. The Labute approximate surface area is 573 Å². The van der Waals surface area contributed by atoms with Gasteiger partial charge in [-0.3, -0.25) is 72.1 Å². The average Bonchev–Trinajstić information content (AvgIpc) is 1.34. The number of aliphatic carboxylic acids is 2. The lowest BCUT2D eigenvalue weighted by Gasteiger charge is -2.29. The summed E-state index contributed by atoms with van der Waals surface area (Å²) >= 11 is 1.36. The summed E-state index contributed by atoms with van der Waals surface area (Å²) in [6.07, 6.45) is -0.112. The van der Waals surface area contributed by atoms with E-state index in [2.05, 4.69) is 73.4 Å². The van der Waals surface area contributed by atoms with Gasteiger partial charge in [0.25, 0.3) is 0 Å². The number of H-pyrrole nitrogens is 1. The van der Waals surface area contributed by atoms with Gasteiger partial charge in [0.1, 0.15) is 66.5 Å². The molecular weight excluding hydrogens is 1290 g/mol. The molecule has 0 bridgehead atoms. The SMILES string of the molecule is CC[C@H](C)[C@H](N)C1=NC(C(=O)N[C@@H](CC(C)C)C(=O)N[C@H](CCC(=O)O)C(=O)N[C@H](C(=O)NCCCC[C@@H]2NC(=O)[C@H](CC(N)=O)NC(=O)[C@@H](CC(=O)O)NC(=O)[C@H](Cc3cnc[nH]3)NC(=O)[C@@H](Cc3ccccc3)NC(=O)[C@H](C(C)C)NC(=O)[C@@H](CCCN)NC2=O)C(C)C)CS1. The number of primary amides is 1. The number of thioether (sulfide) groups is 1. The number of carbonyl (C=O) groups is 14. The normalized spacial score (nSPS) is 22.3. The number of carboxylic acid groups (broad SMARTS) is 2. The van der Waals surface area contributed by atoms with E-state index >= 15 is 0 Å². The van der Waals surface area contributed by atoms with Gasteiger partial charge in [-0.1, -0.05) is 92.1 Å². The number of rotatable bonds is 33. The molecule has 0 saturated carbocycles. The van der Waals surface area contributed by atoms with E-state index in [0.717, 1.165) is 6.42 Å². The van der Waals surface area contributed by atoms with Crippen molar-refractivity contribution in [2.24, 2.45) is 45.9 Å². The summed E-state index contributed by atoms with van der Waals surface area (Å²) in [5, 5.41) is 48.6. The van der Waals surface area contributed by atoms with Crippen LogP contribution in [0, 0.1) is 23.7 Å². The Hall–Kier alpha value is -9.05. The maximum atomic E-state index is 14.6. The van der Waals surface area contributed by atoms with Crippen LogP contribution in [0.1, 0.15) is 137 Å². The number of benzene rings is 1. The number of nitrogens with zero attached hydrogens (tertiary/aromatic N) is 2. The van der Waals surface area contributed by atoms with Crippen molar-refractivity contribution in [2.75, 3.05) is 18.8 Å². The van der Waals surface area contributed by atoms with Gasteiger partial charge in [-0.25, -0.2) is 4.98 Å². The molecule has 20 N–H and O–H groups in total. The van der Waals surface area contributed by atoms with E-state index in [0.29, 0.717) is 22.1 Å². The Balaban J connectivity index is 1.63. The van der Waals surface area contributed by atoms with Gasteiger partial charge in [0.15, 0.2) is 0 Å². The zero-order chi connectivity index (χ0) is 72.9. The predicted octanol–water partition coefficient (Wildman–Crippen LogP) is -2.46. The molecule has 1 fully saturated rings. The first-order chi connectivity index (χ1) is 46.3. The van der Waals surface area contributed by atoms with Crippen molar-refractivity contribution >= 4 is 99.6 Å². The third-order valence-corrected chi connectivity index (χ3v) is 17.5. The molecule has 0 aliphatic carbocycles. The van der Waals surface area contributed by atoms with Crippen molar-refractivity contribution < 1.29 is 77.3 Å². The van der Waals surface area contributed by atoms with E-state index in [-0.39, 0.29) is 82.3 Å². The molecule has 1 aromatic carbocycles. The smallest absolute Gasteiger partial charge is 0.305 e. The molecule has 1 saturated heterocycles. The Morgan fingerprint density at radius 3 is 1.74 bits per heavy atom. The van der Waals surface area contributed by atoms with Crippen LogP contribution in [0.5, 0.6) is 0 Å². The largest absolute Gasteiger partial charge is 0.481 e. The number of carboxylic acids is 2. The van der Waals surface area contributed by atoms with E-state index < -0.39 is 187 Å². The molecule has 0 spiro atoms. The van der Waals surface area contributed by atoms with Crippen molar-refractivity contribution in [2.45, 2.75) is 211 Å². The molecule has 2 aromatic rings. The maximum Gasteiger partial charge on any atom is 0.305 e. The highest BCUT2D eigenvalue weighted by Crippen LogP contribution is 2.24. The first kappa shape index (κ1) is 81.4. The number of unbranched alkanes of at least 4 members (excludes halogenated alkanes) is 1. The fraction of sp³-hybridized carbons (Fsp3) is 0.625. The van der Waals surface area contributed by atoms with Crippen molar-refractivity contribution in [3.05, 3.63) is 54.1 Å². The monoisotopic (exact) mass is 1390 g/mol. The molecular formula is C64H99N17O16S. The van der Waals surface area contributed by atoms with Gasteiger partial charge in [-0.2, -0.15) is 0 Å². The maximum absolute atomic E-state index is 14.6. The summed E-state index contributed by atoms with van der Waals surface area (Å²) in [7, 11) is 0. The van der Waals surface area contributed by atoms with E-state index in [1.807, 2.05) is 27.7 Å². The van der Waals surface area contributed by atoms with Gasteiger partial charge in [0.05, 0.1) is 30.3 Å². The topological polar surface area (TPSA) is 531 Å². The Morgan fingerprint density at radius 1 is 0.643 bits per heavy atom. The minimum Gasteiger partial charge on any atom is -0.481 e. The van der Waals surface area contributed by atoms with Crippen LogP contribution >= 0.6 is 11.8 Å². The molecule has 33 nitrogen and oxygen atoms in total. The summed E-state index contributed by atoms with van der Waals surface area (Å²) in [5.74, 6) is -15.3. The van der Waals surface area contributed by atoms with Gasteiger partial charge < -0.3 is 90.9 Å². The molecule has 13 atom stereocenters. The number of aliphatic imine (C=N–C) groups is 1. The van der Waals surface area contributed by atoms with Gasteiger partial charge in [0, 0.05) is 43.5 Å². The number of amides is 12. The standard InChI is InChI=1S/C64H99N17O16S/c1-9-35(8)50(67)64-79-46(30-98-64)61(95)74-41(24-32(2)3)56(90)73-40(20-21-48(83)84)55(89)80-51(33(4)5)62(96)69-23-14-13-18-38-53(87)71-39(19-15-22-65)54(88)81-52(34(6)7)63(97)78-42(25-36-16-11-10-12-17-36)57(91)75-43(26-37-29-68-31-70-37)58(92)77-45(28-49(85)86)60(94)76-44(27-47(66)82)59(93)72-38/h10-12,16-17,29,31-35,38-46,50-52H,9,13-15,18-28,30,65,67H2,1-8H3,(H2,66,82)(H,68,70)(H,69,96)(H,71,87)(H,72,93)(H,73,90)(H,74,95)(H,75,91)(H,76,94)(H,77,92)(H,78,97)(H,80,89)(H,81,88)(H,83,84)(H,85,86)/t35-,38-,39+,40+,41-,42+,43-,44-,45+,46?,50-,51-,52-/m0/s1. The molecule has 4 rings (SSSR count). The number of nitrogens with one attached hydrogen (secondary N) is 12. The number of carbonyl (C=O) groups excluding carboxylic acids is 12. The molecule has 2 aliphatic heterocycles. The number of hydrogen-bond donors (Lipinski definition) is 17. The molecule has 1 aromatic heterocycles. The number of hydrogen-bond acceptors (Lipinski definition) is 19. The van der Waals surface area contributed by atoms with E-state index in [1.54, 1.807) is 58.0 Å². The van der Waals surface area contributed by atoms with Crippen molar-refractivity contribution in [3.8, 4) is 0 Å². The lowest BCUT2D eigenvalue weighted by molar-refractivity contribution is -0.142. The Kier molecular flexibility index (Phi) is 33.7. The third-order valence-electron chi connectivity index (χ3n) is 16.4. The highest BCUT2D eigenvalue weighted by molar-refractivity contribution is 8.14. The Morgan fingerprint density at radius 2 is 1.19 bits per heavy atom. The second kappa shape index (κ2) is 40.6. The van der Waals surface area contributed by atoms with E-state index in [4.69, 9.17) is 17.2 Å². The molecule has 0 radical (unpaired) electrons. The second-order valence-electron chi connectivity index (χ2n) is 25.7. The summed E-state index contributed by atoms with van der Waals surface area (Å²) in [5.41, 5.74) is 18.7. The summed E-state index contributed by atoms with van der Waals surface area (Å²) < 4.78 is 0. The molecule has 98 heavy (non-hydrogen) atoms. The highest BCUT2D eigenvalue weighted by atomic mass is 32.2. The molecule has 34 heteroatoms. The van der Waals surface area contributed by atoms with Crippen LogP contribution in [0.15, 0.2) is 47.8 Å². The minimum absolute atomic E-state index is 0.00113. The van der Waals surface area contributed by atoms with E-state index in [1.165, 1.54) is 24.3 Å². The van der Waals surface area contributed by atoms with Crippen LogP contribution in [0.2, 0.25) is 0 Å². The summed E-state index contributed by atoms with van der Waals surface area (Å²) in [6.45, 7) is 14.0. The quantitative estimate of drug-likeness (QED) is 0.0330. The number of aromatic nitrogens is 2. The number of aromatic amines is 1. The van der Waals surface area contributed by atoms with Gasteiger partial charge in [-0.05, 0) is 80.7 Å². The summed E-state index contributed by atoms with van der Waals surface area (Å²) in [6, 6.07) is -8.11. The number of nitrogens with two attached hydrogens (primary N) is 3. The van der Waals surface area contributed by atoms with Crippen molar-refractivity contribution in [1.29, 1.82) is 0 Å². The van der Waals surface area contributed by atoms with Crippen LogP contribution in [0.25, 0.3) is 0 Å². The lowest BCUT2D eigenvalue weighted by Crippen LogP contribution is -2.61. The van der Waals surface area contributed by atoms with Crippen LogP contribution in [-0.4, -0.2) is 199 Å². The lowest BCUT2D eigenvalue weighted by atomic mass is 9.99. The van der Waals surface area contributed by atoms with Gasteiger partial charge >= 0.3 is 11.9 Å². The van der Waals surface area contributed by atoms with Crippen molar-refractivity contribution in [3.63, 3.8) is 0 Å². The van der Waals surface area contributed by atoms with Crippen LogP contribution in [0.4, 0.5) is 0 Å². The molecule has 3 heterocycles. The van der Waals surface area contributed by atoms with Crippen LogP contribution in [-0.2, 0) is 80.0 Å². The van der Waals surface area contributed by atoms with Crippen LogP contribution in [0.3, 0.4) is 0 Å². The van der Waals surface area contributed by atoms with Gasteiger partial charge in [0.2, 0.25) is 70.9 Å². The zero-order valence-electron chi connectivity index (χ0n) is 56.7. The first-order valence-electron chi connectivity index (χ1n) is 33.0. The fourth-order valence-electron chi connectivity index (χ4n) is 10.5. The van der Waals surface area contributed by atoms with E-state index in [9.17, 15) is 77.3 Å². The zero-order valence-corrected chi connectivity index (χ0v) is 57.6. The molecule has 1 unspecified atom stereocenters. The van der Waals surface area contributed by atoms with Gasteiger partial charge in [-0.15, -0.1) is 11.8 Å². The first-order valence-corrected chi connectivity index (χ1v) is 34.0. The van der Waals surface area contributed by atoms with Crippen molar-refractivity contribution in [1.82, 2.24) is 68.5 Å².